The number of rotatable bonds is 13. The van der Waals surface area contributed by atoms with Gasteiger partial charge >= 0.3 is 0 Å². The molecule has 9 heteroatoms. The first-order valence-corrected chi connectivity index (χ1v) is 15.6. The van der Waals surface area contributed by atoms with Crippen molar-refractivity contribution in [2.75, 3.05) is 17.1 Å². The van der Waals surface area contributed by atoms with Crippen LogP contribution in [0.5, 0.6) is 0 Å². The maximum absolute atomic E-state index is 13.8. The molecule has 2 amide bonds. The Balaban J connectivity index is 1.87. The quantitative estimate of drug-likeness (QED) is 0.288. The lowest BCUT2D eigenvalue weighted by atomic mass is 10.0. The number of carbonyl (C=O) groups is 2. The molecule has 0 spiro atoms. The van der Waals surface area contributed by atoms with E-state index in [1.54, 1.807) is 29.2 Å². The average molecular weight is 615 g/mol. The van der Waals surface area contributed by atoms with Crippen molar-refractivity contribution in [1.82, 2.24) is 10.2 Å². The van der Waals surface area contributed by atoms with Gasteiger partial charge in [0.2, 0.25) is 21.8 Å². The molecule has 0 radical (unpaired) electrons. The van der Waals surface area contributed by atoms with Gasteiger partial charge in [-0.3, -0.25) is 13.9 Å². The highest BCUT2D eigenvalue weighted by Gasteiger charge is 2.31. The number of anilines is 1. The SMILES string of the molecule is CC(C)NC(=O)[C@H](Cc1ccccc1)N(Cc1cccc(Br)c1)C(=O)CCCN(c1ccccc1)S(C)(=O)=O. The van der Waals surface area contributed by atoms with E-state index in [1.165, 1.54) is 4.31 Å². The van der Waals surface area contributed by atoms with E-state index >= 15 is 0 Å². The molecular formula is C30H36BrN3O4S. The summed E-state index contributed by atoms with van der Waals surface area (Å²) in [6.45, 7) is 4.18. The second-order valence-corrected chi connectivity index (χ2v) is 12.6. The van der Waals surface area contributed by atoms with Crippen molar-refractivity contribution in [3.8, 4) is 0 Å². The van der Waals surface area contributed by atoms with Gasteiger partial charge in [-0.25, -0.2) is 8.42 Å². The highest BCUT2D eigenvalue weighted by molar-refractivity contribution is 9.10. The summed E-state index contributed by atoms with van der Waals surface area (Å²) >= 11 is 3.50. The monoisotopic (exact) mass is 613 g/mol. The largest absolute Gasteiger partial charge is 0.352 e. The molecule has 0 fully saturated rings. The topological polar surface area (TPSA) is 86.8 Å². The molecule has 7 nitrogen and oxygen atoms in total. The number of para-hydroxylation sites is 1. The van der Waals surface area contributed by atoms with Crippen molar-refractivity contribution in [1.29, 1.82) is 0 Å². The second kappa shape index (κ2) is 14.3. The Labute approximate surface area is 240 Å². The predicted molar refractivity (Wildman–Crippen MR) is 160 cm³/mol. The molecule has 0 aromatic heterocycles. The Bertz CT molecular complexity index is 1330. The van der Waals surface area contributed by atoms with E-state index in [4.69, 9.17) is 0 Å². The highest BCUT2D eigenvalue weighted by atomic mass is 79.9. The van der Waals surface area contributed by atoms with Crippen LogP contribution in [-0.2, 0) is 32.6 Å². The minimum Gasteiger partial charge on any atom is -0.352 e. The van der Waals surface area contributed by atoms with Gasteiger partial charge in [0.15, 0.2) is 0 Å². The van der Waals surface area contributed by atoms with Gasteiger partial charge in [0.05, 0.1) is 11.9 Å². The first-order valence-electron chi connectivity index (χ1n) is 13.0. The Morgan fingerprint density at radius 2 is 1.51 bits per heavy atom. The normalized spacial score (nSPS) is 12.1. The lowest BCUT2D eigenvalue weighted by Crippen LogP contribution is -2.51. The second-order valence-electron chi connectivity index (χ2n) is 9.79. The molecule has 0 heterocycles. The third-order valence-electron chi connectivity index (χ3n) is 6.14. The maximum atomic E-state index is 13.8. The molecule has 3 rings (SSSR count). The number of nitrogens with one attached hydrogen (secondary N) is 1. The highest BCUT2D eigenvalue weighted by Crippen LogP contribution is 2.21. The summed E-state index contributed by atoms with van der Waals surface area (Å²) in [6, 6.07) is 25.3. The van der Waals surface area contributed by atoms with E-state index in [2.05, 4.69) is 21.2 Å². The van der Waals surface area contributed by atoms with Crippen LogP contribution in [0.1, 0.15) is 37.8 Å². The maximum Gasteiger partial charge on any atom is 0.243 e. The number of nitrogens with zero attached hydrogens (tertiary/aromatic N) is 2. The standard InChI is InChI=1S/C30H36BrN3O4S/c1-23(2)32-30(36)28(21-24-12-6-4-7-13-24)33(22-25-14-10-15-26(31)20-25)29(35)18-11-19-34(39(3,37)38)27-16-8-5-9-17-27/h4-10,12-17,20,23,28H,11,18-19,21-22H2,1-3H3,(H,32,36)/t28-/m0/s1. The number of halogens is 1. The van der Waals surface area contributed by atoms with Crippen molar-refractivity contribution in [3.05, 3.63) is 101 Å². The minimum atomic E-state index is -3.53. The summed E-state index contributed by atoms with van der Waals surface area (Å²) in [5, 5.41) is 2.98. The van der Waals surface area contributed by atoms with Crippen molar-refractivity contribution >= 4 is 43.5 Å². The fourth-order valence-electron chi connectivity index (χ4n) is 4.36. The van der Waals surface area contributed by atoms with Crippen LogP contribution in [0.3, 0.4) is 0 Å². The molecule has 0 aliphatic rings. The lowest BCUT2D eigenvalue weighted by molar-refractivity contribution is -0.141. The third-order valence-corrected chi connectivity index (χ3v) is 7.83. The van der Waals surface area contributed by atoms with Gasteiger partial charge in [-0.2, -0.15) is 0 Å². The molecule has 0 aliphatic carbocycles. The van der Waals surface area contributed by atoms with Crippen molar-refractivity contribution < 1.29 is 18.0 Å². The number of sulfonamides is 1. The van der Waals surface area contributed by atoms with E-state index in [-0.39, 0.29) is 37.4 Å². The number of hydrogen-bond acceptors (Lipinski definition) is 4. The Hall–Kier alpha value is -3.17. The Morgan fingerprint density at radius 1 is 0.897 bits per heavy atom. The molecular weight excluding hydrogens is 578 g/mol. The van der Waals surface area contributed by atoms with Crippen molar-refractivity contribution in [2.45, 2.75) is 51.7 Å². The van der Waals surface area contributed by atoms with Crippen LogP contribution >= 0.6 is 15.9 Å². The van der Waals surface area contributed by atoms with E-state index in [0.717, 1.165) is 21.9 Å². The van der Waals surface area contributed by atoms with Crippen LogP contribution in [0.15, 0.2) is 89.4 Å². The fraction of sp³-hybridized carbons (Fsp3) is 0.333. The van der Waals surface area contributed by atoms with E-state index < -0.39 is 16.1 Å². The van der Waals surface area contributed by atoms with Crippen LogP contribution in [0.2, 0.25) is 0 Å². The van der Waals surface area contributed by atoms with Gasteiger partial charge in [-0.15, -0.1) is 0 Å². The van der Waals surface area contributed by atoms with Gasteiger partial charge in [0, 0.05) is 36.4 Å². The molecule has 3 aromatic carbocycles. The summed E-state index contributed by atoms with van der Waals surface area (Å²) in [6.07, 6.45) is 1.92. The Kier molecular flexibility index (Phi) is 11.1. The number of benzene rings is 3. The van der Waals surface area contributed by atoms with Crippen molar-refractivity contribution in [3.63, 3.8) is 0 Å². The van der Waals surface area contributed by atoms with E-state index in [9.17, 15) is 18.0 Å². The molecule has 0 saturated carbocycles. The van der Waals surface area contributed by atoms with Crippen LogP contribution in [0.25, 0.3) is 0 Å². The molecule has 0 unspecified atom stereocenters. The first kappa shape index (κ1) is 30.4. The number of carbonyl (C=O) groups excluding carboxylic acids is 2. The van der Waals surface area contributed by atoms with Gasteiger partial charge in [0.25, 0.3) is 0 Å². The summed E-state index contributed by atoms with van der Waals surface area (Å²) in [7, 11) is -3.53. The fourth-order valence-corrected chi connectivity index (χ4v) is 5.78. The lowest BCUT2D eigenvalue weighted by Gasteiger charge is -2.32. The van der Waals surface area contributed by atoms with E-state index in [0.29, 0.717) is 18.5 Å². The smallest absolute Gasteiger partial charge is 0.243 e. The summed E-state index contributed by atoms with van der Waals surface area (Å²) < 4.78 is 27.2. The Morgan fingerprint density at radius 3 is 2.10 bits per heavy atom. The van der Waals surface area contributed by atoms with Crippen LogP contribution in [0.4, 0.5) is 5.69 Å². The minimum absolute atomic E-state index is 0.0900. The van der Waals surface area contributed by atoms with Crippen LogP contribution < -0.4 is 9.62 Å². The zero-order valence-electron chi connectivity index (χ0n) is 22.6. The van der Waals surface area contributed by atoms with Crippen LogP contribution in [0, 0.1) is 0 Å². The molecule has 1 N–H and O–H groups in total. The molecule has 1 atom stereocenters. The summed E-state index contributed by atoms with van der Waals surface area (Å²) in [5.41, 5.74) is 2.38. The van der Waals surface area contributed by atoms with Gasteiger partial charge in [-0.05, 0) is 55.7 Å². The van der Waals surface area contributed by atoms with Gasteiger partial charge in [-0.1, -0.05) is 76.6 Å². The van der Waals surface area contributed by atoms with Crippen LogP contribution in [-0.4, -0.2) is 50.0 Å². The van der Waals surface area contributed by atoms with Crippen molar-refractivity contribution in [2.24, 2.45) is 0 Å². The predicted octanol–water partition coefficient (Wildman–Crippen LogP) is 5.16. The molecule has 208 valence electrons. The van der Waals surface area contributed by atoms with Gasteiger partial charge < -0.3 is 10.2 Å². The molecule has 0 aliphatic heterocycles. The zero-order chi connectivity index (χ0) is 28.4. The number of hydrogen-bond donors (Lipinski definition) is 1. The molecule has 0 bridgehead atoms. The first-order chi connectivity index (χ1) is 18.5. The zero-order valence-corrected chi connectivity index (χ0v) is 25.0. The van der Waals surface area contributed by atoms with E-state index in [1.807, 2.05) is 74.5 Å². The molecule has 0 saturated heterocycles. The summed E-state index contributed by atoms with van der Waals surface area (Å²) in [5.74, 6) is -0.435. The molecule has 3 aromatic rings. The third kappa shape index (κ3) is 9.51. The average Bonchev–Trinajstić information content (AvgIpc) is 2.88. The number of amides is 2. The molecule has 39 heavy (non-hydrogen) atoms. The summed E-state index contributed by atoms with van der Waals surface area (Å²) in [4.78, 5) is 28.9. The van der Waals surface area contributed by atoms with Gasteiger partial charge in [0.1, 0.15) is 6.04 Å².